The van der Waals surface area contributed by atoms with Gasteiger partial charge in [-0.3, -0.25) is 0 Å². The van der Waals surface area contributed by atoms with Gasteiger partial charge in [-0.1, -0.05) is 90.0 Å². The molecule has 0 amide bonds. The summed E-state index contributed by atoms with van der Waals surface area (Å²) in [6.45, 7) is 3.73. The number of para-hydroxylation sites is 3. The van der Waals surface area contributed by atoms with Gasteiger partial charge in [-0.25, -0.2) is 15.0 Å². The maximum Gasteiger partial charge on any atom is 3.00 e. The van der Waals surface area contributed by atoms with Crippen molar-refractivity contribution in [2.75, 3.05) is 39.5 Å². The molecule has 0 saturated heterocycles. The van der Waals surface area contributed by atoms with E-state index >= 15 is 0 Å². The molecule has 0 radical (unpaired) electrons. The maximum atomic E-state index is 11.2. The summed E-state index contributed by atoms with van der Waals surface area (Å²) in [7, 11) is 0. The third-order valence-corrected chi connectivity index (χ3v) is 5.11. The van der Waals surface area contributed by atoms with Gasteiger partial charge in [0, 0.05) is 16.7 Å². The van der Waals surface area contributed by atoms with Gasteiger partial charge in [-0.05, 0) is 0 Å². The molecule has 10 heteroatoms. The Bertz CT molecular complexity index is 1120. The minimum Gasteiger partial charge on any atom is -0.872 e. The maximum absolute atomic E-state index is 11.2. The Kier molecular flexibility index (Phi) is 10.4. The monoisotopic (exact) mass is 541 g/mol. The van der Waals surface area contributed by atoms with Crippen molar-refractivity contribution in [3.05, 3.63) is 89.5 Å². The summed E-state index contributed by atoms with van der Waals surface area (Å²) >= 11 is 0. The summed E-state index contributed by atoms with van der Waals surface area (Å²) in [5.41, 5.74) is 1.69. The molecule has 190 valence electrons. The number of benzene rings is 3. The fraction of sp³-hybridized carbons (Fsp3) is 0.222. The largest absolute Gasteiger partial charge is 3.00 e. The van der Waals surface area contributed by atoms with Gasteiger partial charge in [0.05, 0.1) is 19.6 Å². The first-order valence-electron chi connectivity index (χ1n) is 11.4. The molecule has 0 bridgehead atoms. The van der Waals surface area contributed by atoms with Gasteiger partial charge in [-0.15, -0.1) is 0 Å². The minimum absolute atomic E-state index is 0. The van der Waals surface area contributed by atoms with Gasteiger partial charge < -0.3 is 29.5 Å². The summed E-state index contributed by atoms with van der Waals surface area (Å²) in [5.74, 6) is 1.37. The van der Waals surface area contributed by atoms with Crippen LogP contribution in [0.2, 0.25) is 0 Å². The molecule has 9 nitrogen and oxygen atoms in total. The van der Waals surface area contributed by atoms with Gasteiger partial charge in [0.1, 0.15) is 19.8 Å². The Labute approximate surface area is 225 Å². The van der Waals surface area contributed by atoms with Crippen molar-refractivity contribution in [3.8, 4) is 17.2 Å². The SMILES string of the molecule is [Mn+3].[O-]c1ccccc1C1=NCCO1.[O-]c1ccccc1C1=NCCO1.[O-]c1ccccc1C1=NCCO1. The Morgan fingerprint density at radius 2 is 0.730 bits per heavy atom. The van der Waals surface area contributed by atoms with Gasteiger partial charge >= 0.3 is 17.1 Å². The van der Waals surface area contributed by atoms with Crippen molar-refractivity contribution >= 4 is 17.7 Å². The van der Waals surface area contributed by atoms with E-state index < -0.39 is 0 Å². The number of hydrogen-bond donors (Lipinski definition) is 0. The van der Waals surface area contributed by atoms with Crippen LogP contribution in [-0.4, -0.2) is 57.1 Å². The van der Waals surface area contributed by atoms with Crippen LogP contribution in [0.3, 0.4) is 0 Å². The Balaban J connectivity index is 0.000000152. The van der Waals surface area contributed by atoms with E-state index in [0.29, 0.717) is 73.8 Å². The van der Waals surface area contributed by atoms with Crippen molar-refractivity contribution in [3.63, 3.8) is 0 Å². The van der Waals surface area contributed by atoms with Crippen LogP contribution in [-0.2, 0) is 31.3 Å². The van der Waals surface area contributed by atoms with E-state index in [0.717, 1.165) is 0 Å². The molecule has 3 aromatic carbocycles. The third-order valence-electron chi connectivity index (χ3n) is 5.11. The summed E-state index contributed by atoms with van der Waals surface area (Å²) in [6, 6.07) is 20.3. The van der Waals surface area contributed by atoms with E-state index in [9.17, 15) is 15.3 Å². The van der Waals surface area contributed by atoms with Crippen LogP contribution in [0.1, 0.15) is 16.7 Å². The molecular formula is C27H24MnN3O6. The predicted octanol–water partition coefficient (Wildman–Crippen LogP) is 1.61. The zero-order chi connectivity index (χ0) is 25.2. The van der Waals surface area contributed by atoms with E-state index in [2.05, 4.69) is 15.0 Å². The second-order valence-corrected chi connectivity index (χ2v) is 7.59. The number of nitrogens with zero attached hydrogens (tertiary/aromatic N) is 3. The minimum atomic E-state index is -0.0295. The molecule has 0 atom stereocenters. The molecule has 6 rings (SSSR count). The van der Waals surface area contributed by atoms with Gasteiger partial charge in [0.2, 0.25) is 17.7 Å². The summed E-state index contributed by atoms with van der Waals surface area (Å²) in [5, 5.41) is 33.7. The Morgan fingerprint density at radius 3 is 0.946 bits per heavy atom. The smallest absolute Gasteiger partial charge is 0.872 e. The second-order valence-electron chi connectivity index (χ2n) is 7.59. The molecule has 37 heavy (non-hydrogen) atoms. The molecule has 0 aromatic heterocycles. The average Bonchev–Trinajstić information content (AvgIpc) is 3.70. The van der Waals surface area contributed by atoms with Crippen molar-refractivity contribution in [1.82, 2.24) is 0 Å². The molecular weight excluding hydrogens is 517 g/mol. The molecule has 3 aromatic rings. The van der Waals surface area contributed by atoms with E-state index in [4.69, 9.17) is 14.2 Å². The van der Waals surface area contributed by atoms with Crippen molar-refractivity contribution in [1.29, 1.82) is 0 Å². The van der Waals surface area contributed by atoms with Crippen LogP contribution in [0, 0.1) is 0 Å². The van der Waals surface area contributed by atoms with E-state index in [1.54, 1.807) is 54.6 Å². The van der Waals surface area contributed by atoms with E-state index in [1.165, 1.54) is 18.2 Å². The molecule has 0 saturated carbocycles. The number of rotatable bonds is 3. The second kappa shape index (κ2) is 13.9. The number of hydrogen-bond acceptors (Lipinski definition) is 9. The predicted molar refractivity (Wildman–Crippen MR) is 130 cm³/mol. The molecule has 3 aliphatic rings. The Hall–Kier alpha value is -4.01. The van der Waals surface area contributed by atoms with Gasteiger partial charge in [-0.2, -0.15) is 0 Å². The van der Waals surface area contributed by atoms with E-state index in [-0.39, 0.29) is 34.3 Å². The normalized spacial score (nSPS) is 15.1. The van der Waals surface area contributed by atoms with Gasteiger partial charge in [0.25, 0.3) is 0 Å². The molecule has 3 heterocycles. The first kappa shape index (κ1) is 27.6. The number of aliphatic imine (C=N–C) groups is 3. The molecule has 0 aliphatic carbocycles. The standard InChI is InChI=1S/3C9H9NO2.Mn/c3*11-8-4-2-1-3-7(8)9-10-5-6-12-9;/h3*1-4,11H,5-6H2;/q;;;+3/p-3. The van der Waals surface area contributed by atoms with Crippen LogP contribution in [0.4, 0.5) is 0 Å². The molecule has 0 spiro atoms. The Morgan fingerprint density at radius 1 is 0.459 bits per heavy atom. The van der Waals surface area contributed by atoms with Crippen molar-refractivity contribution < 1.29 is 46.6 Å². The van der Waals surface area contributed by atoms with Crippen LogP contribution >= 0.6 is 0 Å². The van der Waals surface area contributed by atoms with Crippen LogP contribution in [0.5, 0.6) is 17.2 Å². The molecule has 0 unspecified atom stereocenters. The summed E-state index contributed by atoms with van der Waals surface area (Å²) < 4.78 is 15.5. The fourth-order valence-corrected chi connectivity index (χ4v) is 3.42. The first-order valence-corrected chi connectivity index (χ1v) is 11.4. The third kappa shape index (κ3) is 7.49. The average molecular weight is 541 g/mol. The van der Waals surface area contributed by atoms with Crippen molar-refractivity contribution in [2.24, 2.45) is 15.0 Å². The molecule has 0 N–H and O–H groups in total. The fourth-order valence-electron chi connectivity index (χ4n) is 3.42. The van der Waals surface area contributed by atoms with Crippen molar-refractivity contribution in [2.45, 2.75) is 0 Å². The number of ether oxygens (including phenoxy) is 3. The van der Waals surface area contributed by atoms with E-state index in [1.807, 2.05) is 0 Å². The van der Waals surface area contributed by atoms with Crippen LogP contribution < -0.4 is 15.3 Å². The summed E-state index contributed by atoms with van der Waals surface area (Å²) in [4.78, 5) is 12.2. The first-order chi connectivity index (χ1) is 17.6. The van der Waals surface area contributed by atoms with Gasteiger partial charge in [0.15, 0.2) is 0 Å². The zero-order valence-corrected chi connectivity index (χ0v) is 21.0. The summed E-state index contributed by atoms with van der Waals surface area (Å²) in [6.07, 6.45) is 0. The quantitative estimate of drug-likeness (QED) is 0.463. The zero-order valence-electron chi connectivity index (χ0n) is 19.8. The van der Waals surface area contributed by atoms with Crippen LogP contribution in [0.15, 0.2) is 87.8 Å². The topological polar surface area (TPSA) is 134 Å². The molecule has 3 aliphatic heterocycles. The molecule has 0 fully saturated rings. The van der Waals surface area contributed by atoms with Crippen LogP contribution in [0.25, 0.3) is 0 Å².